The molecule has 3 rings (SSSR count). The fraction of sp³-hybridized carbons (Fsp3) is 0.333. The first-order chi connectivity index (χ1) is 14.9. The van der Waals surface area contributed by atoms with Gasteiger partial charge in [0.15, 0.2) is 0 Å². The Balaban J connectivity index is 2.11. The summed E-state index contributed by atoms with van der Waals surface area (Å²) in [6, 6.07) is 13.3. The number of likely N-dealkylation sites (tertiary alicyclic amines) is 1. The van der Waals surface area contributed by atoms with Crippen LogP contribution in [0, 0.1) is 0 Å². The highest BCUT2D eigenvalue weighted by atomic mass is 16.5. The zero-order chi connectivity index (χ0) is 22.5. The number of amides is 1. The number of rotatable bonds is 8. The van der Waals surface area contributed by atoms with Crippen molar-refractivity contribution in [3.05, 3.63) is 65.2 Å². The minimum Gasteiger partial charge on any atom is -0.507 e. The summed E-state index contributed by atoms with van der Waals surface area (Å²) >= 11 is 0. The van der Waals surface area contributed by atoms with Gasteiger partial charge in [0.1, 0.15) is 17.3 Å². The standard InChI is InChI=1S/C24H28N2O5/c1-5-31-18-11-9-16(10-12-18)21-20(22(27)17-7-6-8-19(15-17)30-4)23(28)24(29)26(21)14-13-25(2)3/h6-12,15,21,27H,5,13-14H2,1-4H3/b22-20-. The molecule has 1 aliphatic heterocycles. The fourth-order valence-electron chi connectivity index (χ4n) is 3.60. The van der Waals surface area contributed by atoms with Gasteiger partial charge >= 0.3 is 0 Å². The summed E-state index contributed by atoms with van der Waals surface area (Å²) in [6.07, 6.45) is 0. The fourth-order valence-corrected chi connectivity index (χ4v) is 3.60. The SMILES string of the molecule is CCOc1ccc(C2/C(=C(/O)c3cccc(OC)c3)C(=O)C(=O)N2CCN(C)C)cc1. The Morgan fingerprint density at radius 2 is 1.81 bits per heavy atom. The van der Waals surface area contributed by atoms with Gasteiger partial charge in [-0.1, -0.05) is 24.3 Å². The maximum atomic E-state index is 13.0. The van der Waals surface area contributed by atoms with Crippen LogP contribution >= 0.6 is 0 Å². The second-order valence-corrected chi connectivity index (χ2v) is 7.53. The number of methoxy groups -OCH3 is 1. The molecule has 7 heteroatoms. The summed E-state index contributed by atoms with van der Waals surface area (Å²) < 4.78 is 10.7. The van der Waals surface area contributed by atoms with E-state index < -0.39 is 17.7 Å². The molecular formula is C24H28N2O5. The van der Waals surface area contributed by atoms with Crippen molar-refractivity contribution in [3.8, 4) is 11.5 Å². The average Bonchev–Trinajstić information content (AvgIpc) is 3.02. The Bertz CT molecular complexity index is 982. The van der Waals surface area contributed by atoms with E-state index in [1.807, 2.05) is 38.1 Å². The number of aliphatic hydroxyl groups is 1. The maximum Gasteiger partial charge on any atom is 0.295 e. The smallest absolute Gasteiger partial charge is 0.295 e. The predicted molar refractivity (Wildman–Crippen MR) is 118 cm³/mol. The van der Waals surface area contributed by atoms with Crippen molar-refractivity contribution >= 4 is 17.4 Å². The molecule has 0 aromatic heterocycles. The molecule has 1 atom stereocenters. The van der Waals surface area contributed by atoms with E-state index in [-0.39, 0.29) is 11.3 Å². The number of carbonyl (C=O) groups is 2. The third-order valence-electron chi connectivity index (χ3n) is 5.18. The Kier molecular flexibility index (Phi) is 6.97. The van der Waals surface area contributed by atoms with E-state index in [0.717, 1.165) is 5.56 Å². The summed E-state index contributed by atoms with van der Waals surface area (Å²) in [7, 11) is 5.33. The molecule has 0 aliphatic carbocycles. The van der Waals surface area contributed by atoms with Crippen molar-refractivity contribution in [1.29, 1.82) is 0 Å². The van der Waals surface area contributed by atoms with Crippen molar-refractivity contribution in [2.75, 3.05) is 40.9 Å². The number of ether oxygens (including phenoxy) is 2. The number of hydrogen-bond acceptors (Lipinski definition) is 6. The average molecular weight is 424 g/mol. The molecular weight excluding hydrogens is 396 g/mol. The molecule has 2 aromatic rings. The van der Waals surface area contributed by atoms with Gasteiger partial charge in [-0.15, -0.1) is 0 Å². The predicted octanol–water partition coefficient (Wildman–Crippen LogP) is 3.08. The van der Waals surface area contributed by atoms with Crippen molar-refractivity contribution < 1.29 is 24.2 Å². The van der Waals surface area contributed by atoms with Crippen LogP contribution in [-0.4, -0.2) is 67.5 Å². The summed E-state index contributed by atoms with van der Waals surface area (Å²) in [6.45, 7) is 3.37. The number of aliphatic hydroxyl groups excluding tert-OH is 1. The third-order valence-corrected chi connectivity index (χ3v) is 5.18. The van der Waals surface area contributed by atoms with Gasteiger partial charge in [0.05, 0.1) is 25.3 Å². The summed E-state index contributed by atoms with van der Waals surface area (Å²) in [4.78, 5) is 29.4. The number of likely N-dealkylation sites (N-methyl/N-ethyl adjacent to an activating group) is 1. The number of ketones is 1. The highest BCUT2D eigenvalue weighted by Crippen LogP contribution is 2.40. The Labute approximate surface area is 182 Å². The topological polar surface area (TPSA) is 79.3 Å². The lowest BCUT2D eigenvalue weighted by Gasteiger charge is -2.26. The normalized spacial score (nSPS) is 18.0. The maximum absolute atomic E-state index is 13.0. The first-order valence-corrected chi connectivity index (χ1v) is 10.2. The van der Waals surface area contributed by atoms with Crippen LogP contribution in [0.25, 0.3) is 5.76 Å². The minimum atomic E-state index is -0.696. The van der Waals surface area contributed by atoms with Crippen LogP contribution in [0.1, 0.15) is 24.1 Å². The van der Waals surface area contributed by atoms with Gasteiger partial charge < -0.3 is 24.4 Å². The zero-order valence-corrected chi connectivity index (χ0v) is 18.3. The molecule has 164 valence electrons. The van der Waals surface area contributed by atoms with Crippen molar-refractivity contribution in [2.24, 2.45) is 0 Å². The molecule has 1 aliphatic rings. The van der Waals surface area contributed by atoms with Crippen molar-refractivity contribution in [3.63, 3.8) is 0 Å². The Morgan fingerprint density at radius 1 is 1.10 bits per heavy atom. The van der Waals surface area contributed by atoms with Crippen LogP contribution in [0.2, 0.25) is 0 Å². The Hall–Kier alpha value is -3.32. The van der Waals surface area contributed by atoms with Crippen LogP contribution in [0.3, 0.4) is 0 Å². The molecule has 0 spiro atoms. The van der Waals surface area contributed by atoms with Gasteiger partial charge in [-0.3, -0.25) is 9.59 Å². The quantitative estimate of drug-likeness (QED) is 0.399. The zero-order valence-electron chi connectivity index (χ0n) is 18.3. The molecule has 0 radical (unpaired) electrons. The van der Waals surface area contributed by atoms with E-state index in [1.165, 1.54) is 12.0 Å². The Morgan fingerprint density at radius 3 is 2.42 bits per heavy atom. The van der Waals surface area contributed by atoms with E-state index in [0.29, 0.717) is 36.8 Å². The van der Waals surface area contributed by atoms with E-state index in [2.05, 4.69) is 0 Å². The molecule has 0 saturated carbocycles. The first-order valence-electron chi connectivity index (χ1n) is 10.2. The lowest BCUT2D eigenvalue weighted by Crippen LogP contribution is -2.35. The summed E-state index contributed by atoms with van der Waals surface area (Å²) in [5.41, 5.74) is 1.22. The van der Waals surface area contributed by atoms with Gasteiger partial charge in [0.2, 0.25) is 0 Å². The molecule has 7 nitrogen and oxygen atoms in total. The number of nitrogens with zero attached hydrogens (tertiary/aromatic N) is 2. The van der Waals surface area contributed by atoms with Crippen LogP contribution in [0.4, 0.5) is 0 Å². The highest BCUT2D eigenvalue weighted by Gasteiger charge is 2.45. The second-order valence-electron chi connectivity index (χ2n) is 7.53. The van der Waals surface area contributed by atoms with Gasteiger partial charge in [-0.25, -0.2) is 0 Å². The van der Waals surface area contributed by atoms with E-state index in [4.69, 9.17) is 9.47 Å². The molecule has 1 saturated heterocycles. The lowest BCUT2D eigenvalue weighted by atomic mass is 9.95. The van der Waals surface area contributed by atoms with Gasteiger partial charge in [0, 0.05) is 18.7 Å². The van der Waals surface area contributed by atoms with E-state index >= 15 is 0 Å². The molecule has 1 N–H and O–H groups in total. The highest BCUT2D eigenvalue weighted by molar-refractivity contribution is 6.46. The summed E-state index contributed by atoms with van der Waals surface area (Å²) in [5, 5.41) is 11.1. The molecule has 1 fully saturated rings. The second kappa shape index (κ2) is 9.66. The third kappa shape index (κ3) is 4.72. The van der Waals surface area contributed by atoms with Crippen molar-refractivity contribution in [2.45, 2.75) is 13.0 Å². The summed E-state index contributed by atoms with van der Waals surface area (Å²) in [5.74, 6) is -0.292. The molecule has 31 heavy (non-hydrogen) atoms. The van der Waals surface area contributed by atoms with E-state index in [1.54, 1.807) is 36.4 Å². The molecule has 1 unspecified atom stereocenters. The first kappa shape index (κ1) is 22.4. The molecule has 1 heterocycles. The van der Waals surface area contributed by atoms with Crippen LogP contribution in [0.5, 0.6) is 11.5 Å². The van der Waals surface area contributed by atoms with Gasteiger partial charge in [0.25, 0.3) is 11.7 Å². The lowest BCUT2D eigenvalue weighted by molar-refractivity contribution is -0.140. The number of benzene rings is 2. The van der Waals surface area contributed by atoms with Crippen LogP contribution in [0.15, 0.2) is 54.1 Å². The molecule has 1 amide bonds. The molecule has 0 bridgehead atoms. The van der Waals surface area contributed by atoms with Gasteiger partial charge in [-0.05, 0) is 50.8 Å². The van der Waals surface area contributed by atoms with Gasteiger partial charge in [-0.2, -0.15) is 0 Å². The number of hydrogen-bond donors (Lipinski definition) is 1. The van der Waals surface area contributed by atoms with Crippen molar-refractivity contribution in [1.82, 2.24) is 9.80 Å². The van der Waals surface area contributed by atoms with Crippen LogP contribution < -0.4 is 9.47 Å². The largest absolute Gasteiger partial charge is 0.507 e. The number of Topliss-reactive ketones (excluding diaryl/α,β-unsaturated/α-hetero) is 1. The minimum absolute atomic E-state index is 0.0705. The van der Waals surface area contributed by atoms with E-state index in [9.17, 15) is 14.7 Å². The number of carbonyl (C=O) groups excluding carboxylic acids is 2. The van der Waals surface area contributed by atoms with Crippen LogP contribution in [-0.2, 0) is 9.59 Å². The monoisotopic (exact) mass is 424 g/mol. The molecule has 2 aromatic carbocycles.